The molecule has 0 aliphatic carbocycles. The molecule has 0 saturated carbocycles. The van der Waals surface area contributed by atoms with Crippen molar-refractivity contribution >= 4 is 22.5 Å². The largest absolute Gasteiger partial charge is 0.508 e. The Kier molecular flexibility index (Phi) is 2.87. The molecule has 1 aromatic heterocycles. The lowest BCUT2D eigenvalue weighted by Gasteiger charge is -2.06. The minimum atomic E-state index is -0.216. The maximum atomic E-state index is 12.1. The van der Waals surface area contributed by atoms with E-state index in [0.717, 1.165) is 10.9 Å². The zero-order valence-electron chi connectivity index (χ0n) is 10.9. The number of fused-ring (bicyclic) bond motifs is 1. The van der Waals surface area contributed by atoms with Crippen LogP contribution in [0.4, 0.5) is 5.69 Å². The molecular formula is C15H13N3O2. The fraction of sp³-hybridized carbons (Fsp3) is 0.0667. The number of rotatable bonds is 2. The fourth-order valence-electron chi connectivity index (χ4n) is 2.04. The molecule has 0 fully saturated rings. The highest BCUT2D eigenvalue weighted by atomic mass is 16.3. The first-order chi connectivity index (χ1) is 9.63. The van der Waals surface area contributed by atoms with E-state index in [4.69, 9.17) is 0 Å². The Labute approximate surface area is 115 Å². The van der Waals surface area contributed by atoms with Gasteiger partial charge < -0.3 is 10.4 Å². The number of carbonyl (C=O) groups is 1. The lowest BCUT2D eigenvalue weighted by Crippen LogP contribution is -2.11. The van der Waals surface area contributed by atoms with Gasteiger partial charge in [0.15, 0.2) is 0 Å². The number of aromatic hydroxyl groups is 1. The monoisotopic (exact) mass is 267 g/mol. The van der Waals surface area contributed by atoms with Crippen LogP contribution in [0.3, 0.4) is 0 Å². The summed E-state index contributed by atoms with van der Waals surface area (Å²) in [6.07, 6.45) is 1.78. The average Bonchev–Trinajstić information content (AvgIpc) is 2.81. The molecule has 0 saturated heterocycles. The number of carbonyl (C=O) groups excluding carboxylic acids is 1. The zero-order chi connectivity index (χ0) is 14.1. The Morgan fingerprint density at radius 2 is 1.95 bits per heavy atom. The normalized spacial score (nSPS) is 10.7. The van der Waals surface area contributed by atoms with Crippen molar-refractivity contribution in [2.45, 2.75) is 0 Å². The highest BCUT2D eigenvalue weighted by molar-refractivity contribution is 6.05. The van der Waals surface area contributed by atoms with Gasteiger partial charge >= 0.3 is 0 Å². The fourth-order valence-corrected chi connectivity index (χ4v) is 2.04. The average molecular weight is 267 g/mol. The van der Waals surface area contributed by atoms with Crippen LogP contribution in [-0.2, 0) is 7.05 Å². The molecule has 2 aromatic carbocycles. The first-order valence-corrected chi connectivity index (χ1v) is 6.15. The van der Waals surface area contributed by atoms with Crippen LogP contribution in [0, 0.1) is 0 Å². The van der Waals surface area contributed by atoms with Gasteiger partial charge in [0, 0.05) is 23.7 Å². The lowest BCUT2D eigenvalue weighted by atomic mass is 10.2. The first kappa shape index (κ1) is 12.2. The maximum Gasteiger partial charge on any atom is 0.255 e. The van der Waals surface area contributed by atoms with E-state index < -0.39 is 0 Å². The Morgan fingerprint density at radius 3 is 2.70 bits per heavy atom. The smallest absolute Gasteiger partial charge is 0.255 e. The number of phenolic OH excluding ortho intramolecular Hbond substituents is 1. The van der Waals surface area contributed by atoms with Gasteiger partial charge in [0.2, 0.25) is 0 Å². The molecule has 0 atom stereocenters. The Hall–Kier alpha value is -2.82. The molecule has 0 aliphatic heterocycles. The van der Waals surface area contributed by atoms with Crippen LogP contribution in [0.1, 0.15) is 10.4 Å². The minimum Gasteiger partial charge on any atom is -0.508 e. The number of nitrogens with one attached hydrogen (secondary N) is 1. The Bertz CT molecular complexity index is 775. The van der Waals surface area contributed by atoms with Crippen LogP contribution in [0.5, 0.6) is 5.75 Å². The van der Waals surface area contributed by atoms with Gasteiger partial charge in [-0.25, -0.2) is 0 Å². The third-order valence-electron chi connectivity index (χ3n) is 3.14. The number of hydrogen-bond donors (Lipinski definition) is 2. The number of aryl methyl sites for hydroxylation is 1. The van der Waals surface area contributed by atoms with Gasteiger partial charge in [0.25, 0.3) is 5.91 Å². The molecule has 0 aliphatic rings. The van der Waals surface area contributed by atoms with Gasteiger partial charge in [-0.05, 0) is 42.5 Å². The number of amides is 1. The molecule has 3 aromatic rings. The summed E-state index contributed by atoms with van der Waals surface area (Å²) in [4.78, 5) is 12.1. The van der Waals surface area contributed by atoms with E-state index in [9.17, 15) is 9.90 Å². The molecule has 0 bridgehead atoms. The van der Waals surface area contributed by atoms with Gasteiger partial charge in [-0.1, -0.05) is 0 Å². The van der Waals surface area contributed by atoms with E-state index in [1.165, 1.54) is 12.1 Å². The second-order valence-electron chi connectivity index (χ2n) is 4.54. The molecule has 2 N–H and O–H groups in total. The van der Waals surface area contributed by atoms with Gasteiger partial charge in [-0.3, -0.25) is 9.48 Å². The van der Waals surface area contributed by atoms with E-state index >= 15 is 0 Å². The van der Waals surface area contributed by atoms with Crippen molar-refractivity contribution in [2.75, 3.05) is 5.32 Å². The summed E-state index contributed by atoms with van der Waals surface area (Å²) in [5.74, 6) is -0.0793. The standard InChI is InChI=1S/C15H13N3O2/c1-18-14-8-12(5-2-11(14)9-16-18)17-15(20)10-3-6-13(19)7-4-10/h2-9,19H,1H3,(H,17,20). The first-order valence-electron chi connectivity index (χ1n) is 6.15. The van der Waals surface area contributed by atoms with Gasteiger partial charge in [-0.15, -0.1) is 0 Å². The highest BCUT2D eigenvalue weighted by Crippen LogP contribution is 2.19. The predicted octanol–water partition coefficient (Wildman–Crippen LogP) is 2.53. The second kappa shape index (κ2) is 4.70. The summed E-state index contributed by atoms with van der Waals surface area (Å²) >= 11 is 0. The van der Waals surface area contributed by atoms with Crippen LogP contribution in [0.15, 0.2) is 48.7 Å². The lowest BCUT2D eigenvalue weighted by molar-refractivity contribution is 0.102. The van der Waals surface area contributed by atoms with Crippen molar-refractivity contribution in [3.8, 4) is 5.75 Å². The van der Waals surface area contributed by atoms with Crippen molar-refractivity contribution in [1.29, 1.82) is 0 Å². The van der Waals surface area contributed by atoms with Gasteiger partial charge in [0.05, 0.1) is 11.7 Å². The van der Waals surface area contributed by atoms with E-state index in [2.05, 4.69) is 10.4 Å². The number of phenols is 1. The number of benzene rings is 2. The van der Waals surface area contributed by atoms with Crippen molar-refractivity contribution < 1.29 is 9.90 Å². The molecule has 20 heavy (non-hydrogen) atoms. The van der Waals surface area contributed by atoms with Gasteiger partial charge in [-0.2, -0.15) is 5.10 Å². The summed E-state index contributed by atoms with van der Waals surface area (Å²) in [6.45, 7) is 0. The van der Waals surface area contributed by atoms with Gasteiger partial charge in [0.1, 0.15) is 5.75 Å². The van der Waals surface area contributed by atoms with Crippen LogP contribution in [-0.4, -0.2) is 20.8 Å². The van der Waals surface area contributed by atoms with Crippen molar-refractivity contribution in [2.24, 2.45) is 7.05 Å². The van der Waals surface area contributed by atoms with Crippen LogP contribution in [0.25, 0.3) is 10.9 Å². The summed E-state index contributed by atoms with van der Waals surface area (Å²) in [7, 11) is 1.86. The van der Waals surface area contributed by atoms with Crippen LogP contribution in [0.2, 0.25) is 0 Å². The van der Waals surface area contributed by atoms with E-state index in [1.54, 1.807) is 23.0 Å². The molecule has 100 valence electrons. The number of anilines is 1. The third-order valence-corrected chi connectivity index (χ3v) is 3.14. The maximum absolute atomic E-state index is 12.1. The van der Waals surface area contributed by atoms with E-state index in [1.807, 2.05) is 25.2 Å². The quantitative estimate of drug-likeness (QED) is 0.749. The third kappa shape index (κ3) is 2.21. The summed E-state index contributed by atoms with van der Waals surface area (Å²) in [5.41, 5.74) is 2.15. The highest BCUT2D eigenvalue weighted by Gasteiger charge is 2.07. The van der Waals surface area contributed by atoms with Crippen LogP contribution < -0.4 is 5.32 Å². The molecule has 1 heterocycles. The van der Waals surface area contributed by atoms with Crippen molar-refractivity contribution in [1.82, 2.24) is 9.78 Å². The SMILES string of the molecule is Cn1ncc2ccc(NC(=O)c3ccc(O)cc3)cc21. The molecule has 0 unspecified atom stereocenters. The Balaban J connectivity index is 1.86. The zero-order valence-corrected chi connectivity index (χ0v) is 10.9. The number of nitrogens with zero attached hydrogens (tertiary/aromatic N) is 2. The molecule has 5 heteroatoms. The summed E-state index contributed by atoms with van der Waals surface area (Å²) in [5, 5.41) is 17.2. The molecule has 3 rings (SSSR count). The summed E-state index contributed by atoms with van der Waals surface area (Å²) in [6, 6.07) is 11.7. The topological polar surface area (TPSA) is 67.2 Å². The Morgan fingerprint density at radius 1 is 1.20 bits per heavy atom. The van der Waals surface area contributed by atoms with Crippen LogP contribution >= 0.6 is 0 Å². The molecule has 1 amide bonds. The molecular weight excluding hydrogens is 254 g/mol. The summed E-state index contributed by atoms with van der Waals surface area (Å²) < 4.78 is 1.76. The number of hydrogen-bond acceptors (Lipinski definition) is 3. The van der Waals surface area contributed by atoms with Crippen molar-refractivity contribution in [3.05, 3.63) is 54.2 Å². The molecule has 0 radical (unpaired) electrons. The minimum absolute atomic E-state index is 0.137. The van der Waals surface area contributed by atoms with E-state index in [-0.39, 0.29) is 11.7 Å². The van der Waals surface area contributed by atoms with Crippen molar-refractivity contribution in [3.63, 3.8) is 0 Å². The second-order valence-corrected chi connectivity index (χ2v) is 4.54. The number of aromatic nitrogens is 2. The molecule has 5 nitrogen and oxygen atoms in total. The van der Waals surface area contributed by atoms with E-state index in [0.29, 0.717) is 11.3 Å². The predicted molar refractivity (Wildman–Crippen MR) is 76.8 cm³/mol. The molecule has 0 spiro atoms.